The molecule has 5 heteroatoms. The van der Waals surface area contributed by atoms with Gasteiger partial charge >= 0.3 is 48.9 Å². The van der Waals surface area contributed by atoms with Crippen molar-refractivity contribution in [3.63, 3.8) is 0 Å². The Morgan fingerprint density at radius 2 is 1.93 bits per heavy atom. The van der Waals surface area contributed by atoms with Crippen LogP contribution in [0.15, 0.2) is 47.9 Å². The van der Waals surface area contributed by atoms with Crippen LogP contribution >= 0.6 is 0 Å². The Kier molecular flexibility index (Phi) is 7.06. The summed E-state index contributed by atoms with van der Waals surface area (Å²) in [5.74, 6) is 0. The maximum atomic E-state index is 11.3. The van der Waals surface area contributed by atoms with E-state index in [-0.39, 0.29) is 63.2 Å². The summed E-state index contributed by atoms with van der Waals surface area (Å²) in [7, 11) is -3.59. The first kappa shape index (κ1) is 14.4. The molecule has 0 aliphatic heterocycles. The van der Waals surface area contributed by atoms with Gasteiger partial charge in [-0.3, -0.25) is 4.18 Å². The van der Waals surface area contributed by atoms with Crippen molar-refractivity contribution in [2.75, 3.05) is 6.61 Å². The van der Waals surface area contributed by atoms with Crippen molar-refractivity contribution in [1.29, 1.82) is 0 Å². The predicted molar refractivity (Wildman–Crippen MR) is 57.8 cm³/mol. The zero-order chi connectivity index (χ0) is 9.73. The van der Waals surface area contributed by atoms with Gasteiger partial charge in [-0.15, -0.1) is 6.58 Å². The molecule has 1 aromatic rings. The fourth-order valence-electron chi connectivity index (χ4n) is 0.793. The summed E-state index contributed by atoms with van der Waals surface area (Å²) in [5, 5.41) is 0. The molecule has 0 aromatic heterocycles. The Morgan fingerprint density at radius 3 is 2.43 bits per heavy atom. The summed E-state index contributed by atoms with van der Waals surface area (Å²) in [6, 6.07) is 8.00. The van der Waals surface area contributed by atoms with E-state index in [0.717, 1.165) is 0 Å². The molecule has 0 saturated carbocycles. The number of hydrogen-bond acceptors (Lipinski definition) is 3. The van der Waals surface area contributed by atoms with Crippen LogP contribution < -0.4 is 0 Å². The van der Waals surface area contributed by atoms with Crippen molar-refractivity contribution >= 4 is 59.0 Å². The molecule has 74 valence electrons. The normalized spacial score (nSPS) is 10.3. The minimum atomic E-state index is -3.59. The molecule has 1 rings (SSSR count). The van der Waals surface area contributed by atoms with Crippen molar-refractivity contribution in [3.05, 3.63) is 43.0 Å². The fourth-order valence-corrected chi connectivity index (χ4v) is 1.69. The van der Waals surface area contributed by atoms with Gasteiger partial charge in [0.1, 0.15) is 0 Å². The van der Waals surface area contributed by atoms with Crippen LogP contribution in [-0.4, -0.2) is 63.9 Å². The Labute approximate surface area is 127 Å². The van der Waals surface area contributed by atoms with Crippen LogP contribution in [0.25, 0.3) is 0 Å². The molecule has 0 aliphatic rings. The molecule has 14 heavy (non-hydrogen) atoms. The molecule has 0 fully saturated rings. The summed E-state index contributed by atoms with van der Waals surface area (Å²) in [5.41, 5.74) is 0. The molecule has 0 amide bonds. The van der Waals surface area contributed by atoms with Gasteiger partial charge in [-0.25, -0.2) is 0 Å². The summed E-state index contributed by atoms with van der Waals surface area (Å²) >= 11 is 0. The Bertz CT molecular complexity index is 381. The topological polar surface area (TPSA) is 43.4 Å². The van der Waals surface area contributed by atoms with Crippen molar-refractivity contribution in [3.8, 4) is 0 Å². The second-order valence-corrected chi connectivity index (χ2v) is 3.96. The molecule has 0 radical (unpaired) electrons. The van der Waals surface area contributed by atoms with Crippen molar-refractivity contribution < 1.29 is 15.5 Å². The van der Waals surface area contributed by atoms with Crippen molar-refractivity contribution in [2.45, 2.75) is 4.90 Å². The summed E-state index contributed by atoms with van der Waals surface area (Å²) in [6.45, 7) is 3.37. The molecule has 0 bridgehead atoms. The van der Waals surface area contributed by atoms with Crippen LogP contribution in [0.5, 0.6) is 0 Å². The zero-order valence-corrected chi connectivity index (χ0v) is 13.0. The van der Waals surface area contributed by atoms with E-state index in [4.69, 9.17) is 0 Å². The van der Waals surface area contributed by atoms with Crippen LogP contribution in [0.4, 0.5) is 0 Å². The first-order valence-corrected chi connectivity index (χ1v) is 5.13. The molecular formula is C9H12BaO3S. The van der Waals surface area contributed by atoms with E-state index in [1.54, 1.807) is 18.2 Å². The number of benzene rings is 1. The average Bonchev–Trinajstić information content (AvgIpc) is 2.16. The minimum Gasteiger partial charge on any atom is -1.00 e. The predicted octanol–water partition coefficient (Wildman–Crippen LogP) is 1.42. The number of hydrogen-bond donors (Lipinski definition) is 0. The summed E-state index contributed by atoms with van der Waals surface area (Å²) in [4.78, 5) is 0.164. The summed E-state index contributed by atoms with van der Waals surface area (Å²) < 4.78 is 27.3. The maximum Gasteiger partial charge on any atom is 2.00 e. The fraction of sp³-hybridized carbons (Fsp3) is 0.111. The molecule has 0 unspecified atom stereocenters. The van der Waals surface area contributed by atoms with Crippen LogP contribution in [0.3, 0.4) is 0 Å². The van der Waals surface area contributed by atoms with Gasteiger partial charge in [-0.1, -0.05) is 24.3 Å². The first-order chi connectivity index (χ1) is 6.17. The molecule has 0 heterocycles. The van der Waals surface area contributed by atoms with E-state index in [9.17, 15) is 8.42 Å². The smallest absolute Gasteiger partial charge is 1.00 e. The third-order valence-corrected chi connectivity index (χ3v) is 2.67. The standard InChI is InChI=1S/C9H10O3S.Ba.2H/c1-2-8-12-13(10,11)9-6-4-3-5-7-9;;;/h2-7H,1,8H2;;;/q;+2;2*-1. The molecule has 0 spiro atoms. The SMILES string of the molecule is C=CCOS(=O)(=O)c1ccccc1.[Ba+2].[H-].[H-]. The van der Waals surface area contributed by atoms with Gasteiger partial charge in [-0.2, -0.15) is 8.42 Å². The largest absolute Gasteiger partial charge is 2.00 e. The quantitative estimate of drug-likeness (QED) is 0.474. The van der Waals surface area contributed by atoms with E-state index in [0.29, 0.717) is 0 Å². The van der Waals surface area contributed by atoms with Gasteiger partial charge in [0.2, 0.25) is 0 Å². The second kappa shape index (κ2) is 6.84. The molecule has 0 aliphatic carbocycles. The van der Waals surface area contributed by atoms with Gasteiger partial charge in [0.25, 0.3) is 10.1 Å². The van der Waals surface area contributed by atoms with Crippen LogP contribution in [0.1, 0.15) is 2.85 Å². The molecule has 0 saturated heterocycles. The minimum absolute atomic E-state index is 0. The molecule has 0 N–H and O–H groups in total. The van der Waals surface area contributed by atoms with Crippen LogP contribution in [0, 0.1) is 0 Å². The van der Waals surface area contributed by atoms with Crippen molar-refractivity contribution in [1.82, 2.24) is 0 Å². The van der Waals surface area contributed by atoms with E-state index < -0.39 is 10.1 Å². The maximum absolute atomic E-state index is 11.3. The second-order valence-electron chi connectivity index (χ2n) is 2.34. The third-order valence-electron chi connectivity index (χ3n) is 1.37. The third kappa shape index (κ3) is 4.31. The van der Waals surface area contributed by atoms with E-state index in [2.05, 4.69) is 10.8 Å². The van der Waals surface area contributed by atoms with Crippen molar-refractivity contribution in [2.24, 2.45) is 0 Å². The monoisotopic (exact) mass is 338 g/mol. The first-order valence-electron chi connectivity index (χ1n) is 3.72. The molecule has 0 atom stereocenters. The van der Waals surface area contributed by atoms with Gasteiger partial charge in [0.05, 0.1) is 11.5 Å². The Hall–Kier alpha value is 0.441. The van der Waals surface area contributed by atoms with Crippen LogP contribution in [0.2, 0.25) is 0 Å². The zero-order valence-electron chi connectivity index (χ0n) is 9.72. The van der Waals surface area contributed by atoms with E-state index in [1.165, 1.54) is 18.2 Å². The van der Waals surface area contributed by atoms with E-state index >= 15 is 0 Å². The van der Waals surface area contributed by atoms with Gasteiger partial charge in [0.15, 0.2) is 0 Å². The van der Waals surface area contributed by atoms with Gasteiger partial charge in [-0.05, 0) is 12.1 Å². The number of rotatable bonds is 4. The molecule has 1 aromatic carbocycles. The average molecular weight is 338 g/mol. The van der Waals surface area contributed by atoms with E-state index in [1.807, 2.05) is 0 Å². The molecular weight excluding hydrogens is 325 g/mol. The molecule has 3 nitrogen and oxygen atoms in total. The van der Waals surface area contributed by atoms with Crippen LogP contribution in [-0.2, 0) is 14.3 Å². The van der Waals surface area contributed by atoms with Gasteiger partial charge < -0.3 is 2.85 Å². The van der Waals surface area contributed by atoms with Gasteiger partial charge in [0, 0.05) is 0 Å². The summed E-state index contributed by atoms with van der Waals surface area (Å²) in [6.07, 6.45) is 1.39. The Morgan fingerprint density at radius 1 is 1.36 bits per heavy atom. The Balaban J connectivity index is -0.000000563.